The number of carbonyl (C=O) groups excluding carboxylic acids is 2. The number of likely N-dealkylation sites (N-methyl/N-ethyl adjacent to an activating group) is 1. The summed E-state index contributed by atoms with van der Waals surface area (Å²) >= 11 is 0. The number of hydrogen-bond donors (Lipinski definition) is 3. The van der Waals surface area contributed by atoms with Crippen LogP contribution in [0.5, 0.6) is 5.75 Å². The van der Waals surface area contributed by atoms with Crippen molar-refractivity contribution in [1.29, 1.82) is 0 Å². The van der Waals surface area contributed by atoms with E-state index in [1.165, 1.54) is 18.2 Å². The molecule has 43 heavy (non-hydrogen) atoms. The number of rotatable bonds is 11. The van der Waals surface area contributed by atoms with Gasteiger partial charge in [-0.1, -0.05) is 36.4 Å². The van der Waals surface area contributed by atoms with Gasteiger partial charge < -0.3 is 25.8 Å². The maximum Gasteiger partial charge on any atom is 0.573 e. The fraction of sp³-hybridized carbons (Fsp3) is 0.290. The van der Waals surface area contributed by atoms with Crippen molar-refractivity contribution in [3.8, 4) is 5.75 Å². The van der Waals surface area contributed by atoms with Crippen molar-refractivity contribution in [1.82, 2.24) is 9.80 Å². The summed E-state index contributed by atoms with van der Waals surface area (Å²) < 4.78 is 46.9. The highest BCUT2D eigenvalue weighted by Gasteiger charge is 2.31. The summed E-state index contributed by atoms with van der Waals surface area (Å²) in [7, 11) is 1.85. The van der Waals surface area contributed by atoms with E-state index in [0.717, 1.165) is 37.3 Å². The Morgan fingerprint density at radius 1 is 1.02 bits per heavy atom. The molecule has 0 radical (unpaired) electrons. The molecule has 2 amide bonds. The maximum atomic E-state index is 13.5. The third kappa shape index (κ3) is 9.84. The van der Waals surface area contributed by atoms with E-state index >= 15 is 0 Å². The van der Waals surface area contributed by atoms with Gasteiger partial charge in [0.1, 0.15) is 11.8 Å². The number of nitrogen functional groups attached to an aromatic ring is 1. The van der Waals surface area contributed by atoms with Crippen molar-refractivity contribution < 1.29 is 32.2 Å². The first kappa shape index (κ1) is 31.5. The number of amides is 2. The van der Waals surface area contributed by atoms with Crippen LogP contribution in [-0.2, 0) is 14.3 Å². The average Bonchev–Trinajstić information content (AvgIpc) is 2.98. The van der Waals surface area contributed by atoms with Gasteiger partial charge in [0.15, 0.2) is 0 Å². The summed E-state index contributed by atoms with van der Waals surface area (Å²) in [5.41, 5.74) is 8.64. The first-order valence-electron chi connectivity index (χ1n) is 13.7. The minimum absolute atomic E-state index is 0.329. The zero-order valence-electron chi connectivity index (χ0n) is 23.6. The smallest absolute Gasteiger partial charge is 0.406 e. The van der Waals surface area contributed by atoms with E-state index in [0.29, 0.717) is 42.4 Å². The third-order valence-corrected chi connectivity index (χ3v) is 6.82. The predicted molar refractivity (Wildman–Crippen MR) is 159 cm³/mol. The van der Waals surface area contributed by atoms with E-state index in [9.17, 15) is 22.8 Å². The van der Waals surface area contributed by atoms with Gasteiger partial charge in [0, 0.05) is 37.9 Å². The molecule has 4 rings (SSSR count). The van der Waals surface area contributed by atoms with Crippen molar-refractivity contribution in [2.24, 2.45) is 0 Å². The number of nitrogens with zero attached hydrogens (tertiary/aromatic N) is 2. The molecule has 1 atom stereocenters. The number of morpholine rings is 1. The minimum Gasteiger partial charge on any atom is -0.406 e. The first-order chi connectivity index (χ1) is 20.6. The summed E-state index contributed by atoms with van der Waals surface area (Å²) in [6, 6.07) is 18.5. The lowest BCUT2D eigenvalue weighted by molar-refractivity contribution is -0.274. The number of carbonyl (C=O) groups is 2. The SMILES string of the molecule is CN(CCN1CCOCC1)C(C(=O)Nc1ccc(OC(F)(F)F)cc1)c1ccc(/C=C/C(=O)Nc2ccccc2N)cc1. The molecule has 12 heteroatoms. The molecule has 3 aromatic rings. The zero-order valence-corrected chi connectivity index (χ0v) is 23.6. The van der Waals surface area contributed by atoms with Gasteiger partial charge in [-0.15, -0.1) is 13.2 Å². The van der Waals surface area contributed by atoms with Gasteiger partial charge in [-0.3, -0.25) is 19.4 Å². The largest absolute Gasteiger partial charge is 0.573 e. The van der Waals surface area contributed by atoms with Gasteiger partial charge in [-0.05, 0) is 60.6 Å². The quantitative estimate of drug-likeness (QED) is 0.216. The highest BCUT2D eigenvalue weighted by molar-refractivity contribution is 6.03. The molecule has 0 aromatic heterocycles. The van der Waals surface area contributed by atoms with E-state index in [4.69, 9.17) is 10.5 Å². The number of benzene rings is 3. The van der Waals surface area contributed by atoms with Crippen LogP contribution in [0.1, 0.15) is 17.2 Å². The Labute approximate surface area is 248 Å². The Hall–Kier alpha value is -4.39. The van der Waals surface area contributed by atoms with Crippen molar-refractivity contribution in [3.63, 3.8) is 0 Å². The second kappa shape index (κ2) is 14.7. The Morgan fingerprint density at radius 2 is 1.70 bits per heavy atom. The van der Waals surface area contributed by atoms with Crippen molar-refractivity contribution in [2.75, 3.05) is 62.8 Å². The normalized spacial score (nSPS) is 14.9. The lowest BCUT2D eigenvalue weighted by Gasteiger charge is -2.32. The standard InChI is InChI=1S/C31H34F3N5O4/c1-38(16-17-39-18-20-42-21-19-39)29(30(41)36-24-11-13-25(14-12-24)43-31(32,33)34)23-9-6-22(7-10-23)8-15-28(40)37-27-5-3-2-4-26(27)35/h2-15,29H,16-21,35H2,1H3,(H,36,41)(H,37,40)/b15-8+. The summed E-state index contributed by atoms with van der Waals surface area (Å²) in [5.74, 6) is -1.07. The predicted octanol–water partition coefficient (Wildman–Crippen LogP) is 4.76. The van der Waals surface area contributed by atoms with Crippen LogP contribution in [0, 0.1) is 0 Å². The van der Waals surface area contributed by atoms with Crippen LogP contribution in [0.2, 0.25) is 0 Å². The lowest BCUT2D eigenvalue weighted by atomic mass is 10.0. The molecule has 1 heterocycles. The molecule has 0 aliphatic carbocycles. The average molecular weight is 598 g/mol. The molecule has 0 saturated carbocycles. The Kier molecular flexibility index (Phi) is 10.8. The molecule has 9 nitrogen and oxygen atoms in total. The van der Waals surface area contributed by atoms with Crippen LogP contribution in [0.25, 0.3) is 6.08 Å². The topological polar surface area (TPSA) is 109 Å². The second-order valence-electron chi connectivity index (χ2n) is 9.98. The van der Waals surface area contributed by atoms with Crippen LogP contribution in [0.3, 0.4) is 0 Å². The van der Waals surface area contributed by atoms with E-state index in [-0.39, 0.29) is 17.6 Å². The number of alkyl halides is 3. The summed E-state index contributed by atoms with van der Waals surface area (Å²) in [5, 5.41) is 5.54. The number of ether oxygens (including phenoxy) is 2. The Morgan fingerprint density at radius 3 is 2.35 bits per heavy atom. The van der Waals surface area contributed by atoms with E-state index in [1.54, 1.807) is 42.5 Å². The molecule has 1 aliphatic heterocycles. The van der Waals surface area contributed by atoms with Crippen molar-refractivity contribution in [3.05, 3.63) is 90.0 Å². The van der Waals surface area contributed by atoms with Gasteiger partial charge in [0.25, 0.3) is 0 Å². The Bertz CT molecular complexity index is 1390. The molecule has 228 valence electrons. The number of hydrogen-bond acceptors (Lipinski definition) is 7. The molecule has 1 aliphatic rings. The van der Waals surface area contributed by atoms with Gasteiger partial charge in [-0.25, -0.2) is 0 Å². The molecule has 1 saturated heterocycles. The van der Waals surface area contributed by atoms with Gasteiger partial charge in [-0.2, -0.15) is 0 Å². The maximum absolute atomic E-state index is 13.5. The molecular weight excluding hydrogens is 563 g/mol. The van der Waals surface area contributed by atoms with Crippen LogP contribution in [0.15, 0.2) is 78.9 Å². The van der Waals surface area contributed by atoms with Crippen LogP contribution < -0.4 is 21.1 Å². The zero-order chi connectivity index (χ0) is 30.8. The molecule has 4 N–H and O–H groups in total. The molecular formula is C31H34F3N5O4. The fourth-order valence-electron chi connectivity index (χ4n) is 4.56. The number of nitrogens with one attached hydrogen (secondary N) is 2. The van der Waals surface area contributed by atoms with Gasteiger partial charge in [0.05, 0.1) is 24.6 Å². The van der Waals surface area contributed by atoms with Gasteiger partial charge in [0.2, 0.25) is 11.8 Å². The van der Waals surface area contributed by atoms with E-state index in [2.05, 4.69) is 20.3 Å². The van der Waals surface area contributed by atoms with E-state index < -0.39 is 12.4 Å². The molecule has 0 spiro atoms. The first-order valence-corrected chi connectivity index (χ1v) is 13.7. The summed E-state index contributed by atoms with van der Waals surface area (Å²) in [6.45, 7) is 4.25. The molecule has 1 unspecified atom stereocenters. The molecule has 0 bridgehead atoms. The number of para-hydroxylation sites is 2. The third-order valence-electron chi connectivity index (χ3n) is 6.82. The highest BCUT2D eigenvalue weighted by Crippen LogP contribution is 2.26. The number of nitrogens with two attached hydrogens (primary N) is 1. The molecule has 3 aromatic carbocycles. The van der Waals surface area contributed by atoms with Gasteiger partial charge >= 0.3 is 6.36 Å². The van der Waals surface area contributed by atoms with E-state index in [1.807, 2.05) is 24.1 Å². The van der Waals surface area contributed by atoms with Crippen molar-refractivity contribution in [2.45, 2.75) is 12.4 Å². The fourth-order valence-corrected chi connectivity index (χ4v) is 4.56. The summed E-state index contributed by atoms with van der Waals surface area (Å²) in [6.07, 6.45) is -1.76. The lowest BCUT2D eigenvalue weighted by Crippen LogP contribution is -2.43. The second-order valence-corrected chi connectivity index (χ2v) is 9.98. The van der Waals surface area contributed by atoms with Crippen LogP contribution in [0.4, 0.5) is 30.2 Å². The Balaban J connectivity index is 1.46. The minimum atomic E-state index is -4.81. The summed E-state index contributed by atoms with van der Waals surface area (Å²) in [4.78, 5) is 30.1. The van der Waals surface area contributed by atoms with Crippen LogP contribution >= 0.6 is 0 Å². The van der Waals surface area contributed by atoms with Crippen LogP contribution in [-0.4, -0.2) is 74.4 Å². The highest BCUT2D eigenvalue weighted by atomic mass is 19.4. The number of anilines is 3. The monoisotopic (exact) mass is 597 g/mol. The molecule has 1 fully saturated rings. The number of halogens is 3. The van der Waals surface area contributed by atoms with Crippen molar-refractivity contribution >= 4 is 35.0 Å².